The van der Waals surface area contributed by atoms with Crippen LogP contribution < -0.4 is 5.32 Å². The summed E-state index contributed by atoms with van der Waals surface area (Å²) in [5.41, 5.74) is 3.98. The average Bonchev–Trinajstić information content (AvgIpc) is 2.40. The number of benzene rings is 2. The van der Waals surface area contributed by atoms with Gasteiger partial charge in [-0.2, -0.15) is 0 Å². The smallest absolute Gasteiger partial charge is 0.117 e. The number of rotatable bonds is 2. The molecule has 19 heavy (non-hydrogen) atoms. The van der Waals surface area contributed by atoms with E-state index < -0.39 is 0 Å². The maximum Gasteiger partial charge on any atom is 0.117 e. The van der Waals surface area contributed by atoms with E-state index in [9.17, 15) is 5.11 Å². The van der Waals surface area contributed by atoms with Crippen molar-refractivity contribution in [1.82, 2.24) is 4.98 Å². The first-order valence-electron chi connectivity index (χ1n) is 6.14. The quantitative estimate of drug-likeness (QED) is 0.722. The summed E-state index contributed by atoms with van der Waals surface area (Å²) in [7, 11) is 0. The highest BCUT2D eigenvalue weighted by Gasteiger charge is 2.04. The van der Waals surface area contributed by atoms with Crippen molar-refractivity contribution in [3.8, 4) is 5.75 Å². The van der Waals surface area contributed by atoms with E-state index in [-0.39, 0.29) is 5.75 Å². The summed E-state index contributed by atoms with van der Waals surface area (Å²) in [6, 6.07) is 15.1. The molecule has 3 nitrogen and oxygen atoms in total. The highest BCUT2D eigenvalue weighted by Crippen LogP contribution is 2.27. The van der Waals surface area contributed by atoms with Crippen molar-refractivity contribution < 1.29 is 5.11 Å². The number of hydrogen-bond donors (Lipinski definition) is 2. The number of para-hydroxylation sites is 1. The molecule has 0 radical (unpaired) electrons. The molecule has 0 aliphatic carbocycles. The van der Waals surface area contributed by atoms with Gasteiger partial charge >= 0.3 is 0 Å². The number of fused-ring (bicyclic) bond motifs is 1. The standard InChI is InChI=1S/C16H14N2O/c1-11-4-2-7-14-15(8-9-17-16(11)14)18-12-5-3-6-13(19)10-12/h2-10,19H,1H3,(H,17,18). The van der Waals surface area contributed by atoms with Gasteiger partial charge in [-0.3, -0.25) is 4.98 Å². The maximum absolute atomic E-state index is 9.50. The highest BCUT2D eigenvalue weighted by atomic mass is 16.3. The summed E-state index contributed by atoms with van der Waals surface area (Å²) in [6.45, 7) is 2.05. The van der Waals surface area contributed by atoms with Crippen molar-refractivity contribution in [2.24, 2.45) is 0 Å². The lowest BCUT2D eigenvalue weighted by Crippen LogP contribution is -1.93. The van der Waals surface area contributed by atoms with Gasteiger partial charge in [0.15, 0.2) is 0 Å². The van der Waals surface area contributed by atoms with E-state index in [2.05, 4.69) is 10.3 Å². The summed E-state index contributed by atoms with van der Waals surface area (Å²) in [6.07, 6.45) is 1.79. The zero-order valence-electron chi connectivity index (χ0n) is 10.6. The molecule has 0 fully saturated rings. The minimum absolute atomic E-state index is 0.250. The fourth-order valence-electron chi connectivity index (χ4n) is 2.17. The summed E-state index contributed by atoms with van der Waals surface area (Å²) >= 11 is 0. The number of phenolic OH excluding ortho intramolecular Hbond substituents is 1. The number of nitrogens with zero attached hydrogens (tertiary/aromatic N) is 1. The van der Waals surface area contributed by atoms with Gasteiger partial charge in [-0.15, -0.1) is 0 Å². The van der Waals surface area contributed by atoms with Crippen molar-refractivity contribution in [2.45, 2.75) is 6.92 Å². The second-order valence-corrected chi connectivity index (χ2v) is 4.50. The monoisotopic (exact) mass is 250 g/mol. The van der Waals surface area contributed by atoms with Crippen LogP contribution in [0.4, 0.5) is 11.4 Å². The molecule has 0 aliphatic heterocycles. The van der Waals surface area contributed by atoms with Crippen LogP contribution in [0.25, 0.3) is 10.9 Å². The Morgan fingerprint density at radius 3 is 2.74 bits per heavy atom. The van der Waals surface area contributed by atoms with Gasteiger partial charge in [0.1, 0.15) is 5.75 Å². The third-order valence-electron chi connectivity index (χ3n) is 3.10. The molecule has 1 heterocycles. The van der Waals surface area contributed by atoms with Crippen LogP contribution in [0.15, 0.2) is 54.7 Å². The minimum Gasteiger partial charge on any atom is -0.508 e. The lowest BCUT2D eigenvalue weighted by Gasteiger charge is -2.10. The lowest BCUT2D eigenvalue weighted by atomic mass is 10.1. The molecule has 0 bridgehead atoms. The van der Waals surface area contributed by atoms with Gasteiger partial charge < -0.3 is 10.4 Å². The van der Waals surface area contributed by atoms with Crippen molar-refractivity contribution in [1.29, 1.82) is 0 Å². The first-order chi connectivity index (χ1) is 9.24. The summed E-state index contributed by atoms with van der Waals surface area (Å²) < 4.78 is 0. The predicted octanol–water partition coefficient (Wildman–Crippen LogP) is 3.99. The molecule has 3 rings (SSSR count). The molecule has 94 valence electrons. The molecule has 0 unspecified atom stereocenters. The van der Waals surface area contributed by atoms with Gasteiger partial charge in [-0.25, -0.2) is 0 Å². The normalized spacial score (nSPS) is 10.6. The average molecular weight is 250 g/mol. The number of pyridine rings is 1. The SMILES string of the molecule is Cc1cccc2c(Nc3cccc(O)c3)ccnc12. The Kier molecular flexibility index (Phi) is 2.80. The first-order valence-corrected chi connectivity index (χ1v) is 6.14. The molecular weight excluding hydrogens is 236 g/mol. The van der Waals surface area contributed by atoms with Crippen molar-refractivity contribution in [2.75, 3.05) is 5.32 Å². The second-order valence-electron chi connectivity index (χ2n) is 4.50. The van der Waals surface area contributed by atoms with Gasteiger partial charge in [-0.05, 0) is 30.7 Å². The summed E-state index contributed by atoms with van der Waals surface area (Å²) in [5.74, 6) is 0.250. The Hall–Kier alpha value is -2.55. The Morgan fingerprint density at radius 2 is 1.89 bits per heavy atom. The minimum atomic E-state index is 0.250. The van der Waals surface area contributed by atoms with Crippen molar-refractivity contribution in [3.05, 3.63) is 60.3 Å². The maximum atomic E-state index is 9.50. The number of hydrogen-bond acceptors (Lipinski definition) is 3. The van der Waals surface area contributed by atoms with Crippen LogP contribution >= 0.6 is 0 Å². The third kappa shape index (κ3) is 2.22. The fourth-order valence-corrected chi connectivity index (χ4v) is 2.17. The molecule has 0 atom stereocenters. The van der Waals surface area contributed by atoms with Crippen molar-refractivity contribution >= 4 is 22.3 Å². The van der Waals surface area contributed by atoms with Crippen LogP contribution in [0.3, 0.4) is 0 Å². The van der Waals surface area contributed by atoms with Gasteiger partial charge in [0.05, 0.1) is 5.52 Å². The van der Waals surface area contributed by atoms with Gasteiger partial charge in [0.2, 0.25) is 0 Å². The number of aromatic hydroxyl groups is 1. The molecule has 3 heteroatoms. The Balaban J connectivity index is 2.08. The second kappa shape index (κ2) is 4.61. The van der Waals surface area contributed by atoms with Crippen LogP contribution in [0.1, 0.15) is 5.56 Å². The van der Waals surface area contributed by atoms with Crippen LogP contribution in [0, 0.1) is 6.92 Å². The van der Waals surface area contributed by atoms with Crippen LogP contribution in [0.2, 0.25) is 0 Å². The molecule has 0 amide bonds. The van der Waals surface area contributed by atoms with Gasteiger partial charge in [-0.1, -0.05) is 24.3 Å². The Labute approximate surface area is 111 Å². The Morgan fingerprint density at radius 1 is 1.05 bits per heavy atom. The highest BCUT2D eigenvalue weighted by molar-refractivity contribution is 5.94. The molecular formula is C16H14N2O. The van der Waals surface area contributed by atoms with E-state index in [1.807, 2.05) is 43.3 Å². The molecule has 0 spiro atoms. The molecule has 2 aromatic carbocycles. The van der Waals surface area contributed by atoms with E-state index >= 15 is 0 Å². The largest absolute Gasteiger partial charge is 0.508 e. The van der Waals surface area contributed by atoms with Crippen LogP contribution in [0.5, 0.6) is 5.75 Å². The van der Waals surface area contributed by atoms with E-state index in [0.29, 0.717) is 0 Å². The topological polar surface area (TPSA) is 45.1 Å². The Bertz CT molecular complexity index is 738. The molecule has 0 saturated heterocycles. The lowest BCUT2D eigenvalue weighted by molar-refractivity contribution is 0.475. The molecule has 3 aromatic rings. The number of aromatic nitrogens is 1. The molecule has 2 N–H and O–H groups in total. The van der Waals surface area contributed by atoms with E-state index in [0.717, 1.165) is 27.8 Å². The summed E-state index contributed by atoms with van der Waals surface area (Å²) in [5, 5.41) is 13.9. The van der Waals surface area contributed by atoms with Gasteiger partial charge in [0, 0.05) is 29.0 Å². The summed E-state index contributed by atoms with van der Waals surface area (Å²) in [4.78, 5) is 4.41. The van der Waals surface area contributed by atoms with E-state index in [1.165, 1.54) is 0 Å². The molecule has 0 aliphatic rings. The van der Waals surface area contributed by atoms with Crippen LogP contribution in [-0.2, 0) is 0 Å². The number of anilines is 2. The number of nitrogens with one attached hydrogen (secondary N) is 1. The number of aryl methyl sites for hydroxylation is 1. The van der Waals surface area contributed by atoms with Crippen LogP contribution in [-0.4, -0.2) is 10.1 Å². The zero-order chi connectivity index (χ0) is 13.2. The zero-order valence-corrected chi connectivity index (χ0v) is 10.6. The first kappa shape index (κ1) is 11.5. The predicted molar refractivity (Wildman–Crippen MR) is 77.9 cm³/mol. The van der Waals surface area contributed by atoms with Gasteiger partial charge in [0.25, 0.3) is 0 Å². The third-order valence-corrected chi connectivity index (χ3v) is 3.10. The van der Waals surface area contributed by atoms with Crippen molar-refractivity contribution in [3.63, 3.8) is 0 Å². The molecule has 0 saturated carbocycles. The number of phenols is 1. The fraction of sp³-hybridized carbons (Fsp3) is 0.0625. The van der Waals surface area contributed by atoms with E-state index in [4.69, 9.17) is 0 Å². The molecule has 1 aromatic heterocycles. The van der Waals surface area contributed by atoms with E-state index in [1.54, 1.807) is 18.3 Å².